The number of rotatable bonds is 6. The van der Waals surface area contributed by atoms with Gasteiger partial charge in [0.05, 0.1) is 21.0 Å². The summed E-state index contributed by atoms with van der Waals surface area (Å²) in [6.45, 7) is 0. The standard InChI is InChI=1S/C19H16FN3O5S2/c20-13-8-10-15(11-9-13)30(27,28)23-18-7-2-1-6-17(18)19(24)22-14-4-3-5-16(12-14)29(21,25)26/h1-12,23H,(H,22,24)(H2,21,25,26). The molecule has 0 aliphatic heterocycles. The number of amides is 1. The van der Waals surface area contributed by atoms with Crippen molar-refractivity contribution >= 4 is 37.3 Å². The lowest BCUT2D eigenvalue weighted by molar-refractivity contribution is 0.102. The summed E-state index contributed by atoms with van der Waals surface area (Å²) in [6, 6.07) is 15.4. The number of carbonyl (C=O) groups excluding carboxylic acids is 1. The molecule has 156 valence electrons. The topological polar surface area (TPSA) is 135 Å². The van der Waals surface area contributed by atoms with E-state index in [1.54, 1.807) is 0 Å². The van der Waals surface area contributed by atoms with Crippen LogP contribution in [0, 0.1) is 5.82 Å². The van der Waals surface area contributed by atoms with E-state index < -0.39 is 31.8 Å². The van der Waals surface area contributed by atoms with Crippen LogP contribution in [0.3, 0.4) is 0 Å². The van der Waals surface area contributed by atoms with Crippen LogP contribution < -0.4 is 15.2 Å². The van der Waals surface area contributed by atoms with Gasteiger partial charge in [-0.3, -0.25) is 9.52 Å². The molecule has 3 aromatic carbocycles. The van der Waals surface area contributed by atoms with Crippen LogP contribution in [0.1, 0.15) is 10.4 Å². The monoisotopic (exact) mass is 449 g/mol. The quantitative estimate of drug-likeness (QED) is 0.531. The van der Waals surface area contributed by atoms with Gasteiger partial charge in [0.15, 0.2) is 0 Å². The molecule has 30 heavy (non-hydrogen) atoms. The van der Waals surface area contributed by atoms with Gasteiger partial charge in [0.25, 0.3) is 15.9 Å². The third-order valence-corrected chi connectivity index (χ3v) is 6.25. The number of benzene rings is 3. The van der Waals surface area contributed by atoms with Crippen LogP contribution in [0.5, 0.6) is 0 Å². The van der Waals surface area contributed by atoms with Crippen molar-refractivity contribution in [2.24, 2.45) is 5.14 Å². The van der Waals surface area contributed by atoms with Crippen molar-refractivity contribution in [1.82, 2.24) is 0 Å². The second-order valence-electron chi connectivity index (χ2n) is 6.13. The van der Waals surface area contributed by atoms with E-state index in [9.17, 15) is 26.0 Å². The summed E-state index contributed by atoms with van der Waals surface area (Å²) in [5.41, 5.74) is 0.133. The molecule has 0 aliphatic rings. The lowest BCUT2D eigenvalue weighted by atomic mass is 10.1. The lowest BCUT2D eigenvalue weighted by Crippen LogP contribution is -2.19. The first-order chi connectivity index (χ1) is 14.1. The van der Waals surface area contributed by atoms with E-state index in [4.69, 9.17) is 5.14 Å². The van der Waals surface area contributed by atoms with Crippen LogP contribution >= 0.6 is 0 Å². The number of carbonyl (C=O) groups is 1. The summed E-state index contributed by atoms with van der Waals surface area (Å²) in [7, 11) is -8.04. The summed E-state index contributed by atoms with van der Waals surface area (Å²) in [6.07, 6.45) is 0. The van der Waals surface area contributed by atoms with Gasteiger partial charge in [-0.05, 0) is 54.6 Å². The van der Waals surface area contributed by atoms with Crippen molar-refractivity contribution in [3.05, 3.63) is 84.2 Å². The Balaban J connectivity index is 1.88. The molecule has 11 heteroatoms. The van der Waals surface area contributed by atoms with Gasteiger partial charge in [-0.25, -0.2) is 26.4 Å². The van der Waals surface area contributed by atoms with E-state index in [1.807, 2.05) is 0 Å². The lowest BCUT2D eigenvalue weighted by Gasteiger charge is -2.13. The molecule has 0 spiro atoms. The maximum absolute atomic E-state index is 13.1. The number of halogens is 1. The minimum Gasteiger partial charge on any atom is -0.322 e. The summed E-state index contributed by atoms with van der Waals surface area (Å²) in [5, 5.41) is 7.59. The highest BCUT2D eigenvalue weighted by atomic mass is 32.2. The van der Waals surface area contributed by atoms with Gasteiger partial charge in [0, 0.05) is 5.69 Å². The Kier molecular flexibility index (Phi) is 5.87. The molecule has 0 radical (unpaired) electrons. The zero-order valence-corrected chi connectivity index (χ0v) is 16.9. The highest BCUT2D eigenvalue weighted by Gasteiger charge is 2.19. The molecule has 3 aromatic rings. The van der Waals surface area contributed by atoms with Crippen LogP contribution in [0.2, 0.25) is 0 Å². The van der Waals surface area contributed by atoms with Gasteiger partial charge in [-0.1, -0.05) is 18.2 Å². The highest BCUT2D eigenvalue weighted by molar-refractivity contribution is 7.92. The first-order valence-corrected chi connectivity index (χ1v) is 11.4. The van der Waals surface area contributed by atoms with Gasteiger partial charge < -0.3 is 5.32 Å². The number of anilines is 2. The third-order valence-electron chi connectivity index (χ3n) is 3.96. The highest BCUT2D eigenvalue weighted by Crippen LogP contribution is 2.22. The summed E-state index contributed by atoms with van der Waals surface area (Å²) in [4.78, 5) is 12.3. The Labute approximate surface area is 172 Å². The van der Waals surface area contributed by atoms with Crippen LogP contribution in [-0.2, 0) is 20.0 Å². The Morgan fingerprint density at radius 1 is 0.833 bits per heavy atom. The van der Waals surface area contributed by atoms with Crippen molar-refractivity contribution in [3.63, 3.8) is 0 Å². The van der Waals surface area contributed by atoms with Gasteiger partial charge in [0.1, 0.15) is 5.82 Å². The predicted octanol–water partition coefficient (Wildman–Crippen LogP) is 2.53. The molecular formula is C19H16FN3O5S2. The molecule has 4 N–H and O–H groups in total. The van der Waals surface area contributed by atoms with Gasteiger partial charge in [-0.15, -0.1) is 0 Å². The Morgan fingerprint density at radius 2 is 1.50 bits per heavy atom. The average molecular weight is 449 g/mol. The largest absolute Gasteiger partial charge is 0.322 e. The minimum atomic E-state index is -4.08. The molecule has 0 bridgehead atoms. The molecule has 0 fully saturated rings. The van der Waals surface area contributed by atoms with Gasteiger partial charge >= 0.3 is 0 Å². The van der Waals surface area contributed by atoms with Gasteiger partial charge in [0.2, 0.25) is 10.0 Å². The van der Waals surface area contributed by atoms with Gasteiger partial charge in [-0.2, -0.15) is 0 Å². The van der Waals surface area contributed by atoms with Crippen LogP contribution in [0.4, 0.5) is 15.8 Å². The molecule has 0 saturated carbocycles. The molecule has 0 atom stereocenters. The molecule has 0 heterocycles. The van der Waals surface area contributed by atoms with E-state index in [-0.39, 0.29) is 26.7 Å². The Morgan fingerprint density at radius 3 is 2.17 bits per heavy atom. The second kappa shape index (κ2) is 8.22. The molecule has 3 rings (SSSR count). The smallest absolute Gasteiger partial charge is 0.261 e. The number of hydrogen-bond donors (Lipinski definition) is 3. The van der Waals surface area contributed by atoms with Crippen molar-refractivity contribution in [3.8, 4) is 0 Å². The number of hydrogen-bond acceptors (Lipinski definition) is 5. The number of para-hydroxylation sites is 1. The number of primary sulfonamides is 1. The van der Waals surface area contributed by atoms with Crippen LogP contribution in [0.25, 0.3) is 0 Å². The number of sulfonamides is 2. The maximum atomic E-state index is 13.1. The molecule has 8 nitrogen and oxygen atoms in total. The first-order valence-electron chi connectivity index (χ1n) is 8.38. The fraction of sp³-hybridized carbons (Fsp3) is 0. The second-order valence-corrected chi connectivity index (χ2v) is 9.38. The molecule has 1 amide bonds. The summed E-state index contributed by atoms with van der Waals surface area (Å²) in [5.74, 6) is -1.27. The SMILES string of the molecule is NS(=O)(=O)c1cccc(NC(=O)c2ccccc2NS(=O)(=O)c2ccc(F)cc2)c1. The van der Waals surface area contributed by atoms with E-state index in [0.29, 0.717) is 0 Å². The molecule has 0 unspecified atom stereocenters. The van der Waals surface area contributed by atoms with E-state index in [1.165, 1.54) is 48.5 Å². The zero-order valence-electron chi connectivity index (χ0n) is 15.2. The van der Waals surface area contributed by atoms with E-state index >= 15 is 0 Å². The maximum Gasteiger partial charge on any atom is 0.261 e. The fourth-order valence-corrected chi connectivity index (χ4v) is 4.18. The zero-order chi connectivity index (χ0) is 21.9. The first kappa shape index (κ1) is 21.4. The van der Waals surface area contributed by atoms with Crippen LogP contribution in [-0.4, -0.2) is 22.7 Å². The van der Waals surface area contributed by atoms with E-state index in [0.717, 1.165) is 24.3 Å². The molecular weight excluding hydrogens is 433 g/mol. The van der Waals surface area contributed by atoms with Crippen molar-refractivity contribution in [2.75, 3.05) is 10.0 Å². The third kappa shape index (κ3) is 5.00. The number of nitrogens with two attached hydrogens (primary N) is 1. The summed E-state index contributed by atoms with van der Waals surface area (Å²) < 4.78 is 63.4. The normalized spacial score (nSPS) is 11.7. The predicted molar refractivity (Wildman–Crippen MR) is 109 cm³/mol. The molecule has 0 aromatic heterocycles. The molecule has 0 saturated heterocycles. The van der Waals surface area contributed by atoms with Crippen molar-refractivity contribution in [1.29, 1.82) is 0 Å². The van der Waals surface area contributed by atoms with E-state index in [2.05, 4.69) is 10.0 Å². The Hall–Kier alpha value is -3.28. The van der Waals surface area contributed by atoms with Crippen molar-refractivity contribution in [2.45, 2.75) is 9.79 Å². The van der Waals surface area contributed by atoms with Crippen molar-refractivity contribution < 1.29 is 26.0 Å². The minimum absolute atomic E-state index is 0.0100. The fourth-order valence-electron chi connectivity index (χ4n) is 2.54. The average Bonchev–Trinajstić information content (AvgIpc) is 2.68. The molecule has 0 aliphatic carbocycles. The van der Waals surface area contributed by atoms with Crippen LogP contribution in [0.15, 0.2) is 82.6 Å². The summed E-state index contributed by atoms with van der Waals surface area (Å²) >= 11 is 0. The number of nitrogens with one attached hydrogen (secondary N) is 2. The Bertz CT molecular complexity index is 1310.